The molecule has 1 saturated carbocycles. The maximum absolute atomic E-state index is 12.2. The van der Waals surface area contributed by atoms with E-state index in [1.165, 1.54) is 12.8 Å². The van der Waals surface area contributed by atoms with E-state index in [2.05, 4.69) is 4.98 Å². The summed E-state index contributed by atoms with van der Waals surface area (Å²) in [5.74, 6) is 1.06. The molecule has 86 valence electrons. The Balaban J connectivity index is 1.97. The average Bonchev–Trinajstić information content (AvgIpc) is 3.21. The molecule has 1 atom stereocenters. The number of fused-ring (bicyclic) bond motifs is 1. The fourth-order valence-electron chi connectivity index (χ4n) is 2.30. The van der Waals surface area contributed by atoms with Gasteiger partial charge in [-0.25, -0.2) is 0 Å². The second-order valence-corrected chi connectivity index (χ2v) is 4.90. The second kappa shape index (κ2) is 3.95. The molecule has 0 amide bonds. The zero-order valence-corrected chi connectivity index (χ0v) is 9.89. The van der Waals surface area contributed by atoms with Crippen LogP contribution in [0.15, 0.2) is 36.5 Å². The number of pyridine rings is 1. The Kier molecular flexibility index (Phi) is 2.43. The fourth-order valence-corrected chi connectivity index (χ4v) is 2.30. The summed E-state index contributed by atoms with van der Waals surface area (Å²) in [5, 5.41) is 1.04. The number of rotatable bonds is 3. The lowest BCUT2D eigenvalue weighted by Crippen LogP contribution is -2.13. The van der Waals surface area contributed by atoms with Gasteiger partial charge < -0.3 is 0 Å². The van der Waals surface area contributed by atoms with Gasteiger partial charge in [-0.1, -0.05) is 13.0 Å². The molecule has 3 rings (SSSR count). The molecule has 1 heterocycles. The first kappa shape index (κ1) is 10.5. The fraction of sp³-hybridized carbons (Fsp3) is 0.333. The predicted molar refractivity (Wildman–Crippen MR) is 68.0 cm³/mol. The van der Waals surface area contributed by atoms with Gasteiger partial charge in [0.2, 0.25) is 0 Å². The lowest BCUT2D eigenvalue weighted by Gasteiger charge is -2.09. The Hall–Kier alpha value is -1.70. The van der Waals surface area contributed by atoms with Crippen LogP contribution >= 0.6 is 0 Å². The molecule has 1 aromatic carbocycles. The van der Waals surface area contributed by atoms with Gasteiger partial charge >= 0.3 is 0 Å². The highest BCUT2D eigenvalue weighted by atomic mass is 16.1. The van der Waals surface area contributed by atoms with E-state index >= 15 is 0 Å². The van der Waals surface area contributed by atoms with E-state index in [1.807, 2.05) is 37.3 Å². The van der Waals surface area contributed by atoms with Crippen LogP contribution in [-0.2, 0) is 0 Å². The van der Waals surface area contributed by atoms with Crippen molar-refractivity contribution < 1.29 is 4.79 Å². The lowest BCUT2D eigenvalue weighted by atomic mass is 9.94. The maximum Gasteiger partial charge on any atom is 0.165 e. The van der Waals surface area contributed by atoms with Gasteiger partial charge in [0.15, 0.2) is 5.78 Å². The van der Waals surface area contributed by atoms with Crippen molar-refractivity contribution in [1.82, 2.24) is 4.98 Å². The smallest absolute Gasteiger partial charge is 0.165 e. The average molecular weight is 225 g/mol. The van der Waals surface area contributed by atoms with E-state index < -0.39 is 0 Å². The molecule has 2 nitrogen and oxygen atoms in total. The van der Waals surface area contributed by atoms with Gasteiger partial charge in [-0.3, -0.25) is 9.78 Å². The van der Waals surface area contributed by atoms with Crippen LogP contribution in [-0.4, -0.2) is 10.8 Å². The van der Waals surface area contributed by atoms with Crippen molar-refractivity contribution in [1.29, 1.82) is 0 Å². The Labute approximate surface area is 101 Å². The van der Waals surface area contributed by atoms with Crippen LogP contribution in [0.3, 0.4) is 0 Å². The Morgan fingerprint density at radius 3 is 2.94 bits per heavy atom. The highest BCUT2D eigenvalue weighted by Gasteiger charge is 2.32. The zero-order chi connectivity index (χ0) is 11.8. The number of carbonyl (C=O) groups excluding carboxylic acids is 1. The summed E-state index contributed by atoms with van der Waals surface area (Å²) in [4.78, 5) is 16.5. The summed E-state index contributed by atoms with van der Waals surface area (Å²) in [6.45, 7) is 2.05. The largest absolute Gasteiger partial charge is 0.294 e. The summed E-state index contributed by atoms with van der Waals surface area (Å²) < 4.78 is 0. The third kappa shape index (κ3) is 1.95. The number of hydrogen-bond acceptors (Lipinski definition) is 2. The molecular formula is C15H15NO. The maximum atomic E-state index is 12.2. The van der Waals surface area contributed by atoms with Crippen molar-refractivity contribution in [2.24, 2.45) is 11.8 Å². The van der Waals surface area contributed by atoms with Crippen LogP contribution in [0.2, 0.25) is 0 Å². The minimum Gasteiger partial charge on any atom is -0.294 e. The van der Waals surface area contributed by atoms with Crippen molar-refractivity contribution in [3.8, 4) is 0 Å². The molecule has 1 aromatic heterocycles. The molecule has 2 heteroatoms. The molecule has 17 heavy (non-hydrogen) atoms. The number of ketones is 1. The lowest BCUT2D eigenvalue weighted by molar-refractivity contribution is 0.0916. The quantitative estimate of drug-likeness (QED) is 0.749. The summed E-state index contributed by atoms with van der Waals surface area (Å²) in [5.41, 5.74) is 1.77. The molecule has 0 radical (unpaired) electrons. The SMILES string of the molecule is CC(C(=O)c1ccc2ncccc2c1)C1CC1. The Bertz CT molecular complexity index is 572. The molecule has 0 bridgehead atoms. The summed E-state index contributed by atoms with van der Waals surface area (Å²) >= 11 is 0. The topological polar surface area (TPSA) is 30.0 Å². The molecule has 1 aliphatic rings. The number of benzene rings is 1. The first-order valence-corrected chi connectivity index (χ1v) is 6.15. The Morgan fingerprint density at radius 1 is 1.35 bits per heavy atom. The molecule has 1 aliphatic carbocycles. The van der Waals surface area contributed by atoms with Gasteiger partial charge in [-0.2, -0.15) is 0 Å². The Morgan fingerprint density at radius 2 is 2.18 bits per heavy atom. The molecular weight excluding hydrogens is 210 g/mol. The van der Waals surface area contributed by atoms with Gasteiger partial charge in [0.05, 0.1) is 5.52 Å². The first-order valence-electron chi connectivity index (χ1n) is 6.15. The van der Waals surface area contributed by atoms with Gasteiger partial charge in [0, 0.05) is 23.1 Å². The molecule has 1 fully saturated rings. The first-order chi connectivity index (χ1) is 8.25. The minimum absolute atomic E-state index is 0.170. The standard InChI is InChI=1S/C15H15NO/c1-10(11-4-5-11)15(17)13-6-7-14-12(9-13)3-2-8-16-14/h2-3,6-11H,4-5H2,1H3. The molecule has 1 unspecified atom stereocenters. The molecule has 0 spiro atoms. The summed E-state index contributed by atoms with van der Waals surface area (Å²) in [7, 11) is 0. The van der Waals surface area contributed by atoms with Gasteiger partial charge in [0.1, 0.15) is 0 Å². The zero-order valence-electron chi connectivity index (χ0n) is 9.89. The van der Waals surface area contributed by atoms with E-state index in [-0.39, 0.29) is 11.7 Å². The predicted octanol–water partition coefficient (Wildman–Crippen LogP) is 3.46. The summed E-state index contributed by atoms with van der Waals surface area (Å²) in [6, 6.07) is 9.70. The second-order valence-electron chi connectivity index (χ2n) is 4.90. The van der Waals surface area contributed by atoms with Gasteiger partial charge in [-0.15, -0.1) is 0 Å². The van der Waals surface area contributed by atoms with E-state index in [4.69, 9.17) is 0 Å². The van der Waals surface area contributed by atoms with Crippen molar-refractivity contribution in [2.75, 3.05) is 0 Å². The van der Waals surface area contributed by atoms with Gasteiger partial charge in [0.25, 0.3) is 0 Å². The number of aromatic nitrogens is 1. The van der Waals surface area contributed by atoms with Crippen molar-refractivity contribution >= 4 is 16.7 Å². The van der Waals surface area contributed by atoms with Crippen LogP contribution < -0.4 is 0 Å². The number of hydrogen-bond donors (Lipinski definition) is 0. The van der Waals surface area contributed by atoms with Crippen LogP contribution in [0.1, 0.15) is 30.1 Å². The van der Waals surface area contributed by atoms with E-state index in [0.717, 1.165) is 16.5 Å². The molecule has 0 N–H and O–H groups in total. The molecule has 2 aromatic rings. The molecule has 0 saturated heterocycles. The van der Waals surface area contributed by atoms with Crippen LogP contribution in [0.25, 0.3) is 10.9 Å². The number of nitrogens with zero attached hydrogens (tertiary/aromatic N) is 1. The van der Waals surface area contributed by atoms with E-state index in [9.17, 15) is 4.79 Å². The summed E-state index contributed by atoms with van der Waals surface area (Å²) in [6.07, 6.45) is 4.20. The number of Topliss-reactive ketones (excluding diaryl/α,β-unsaturated/α-hetero) is 1. The third-order valence-corrected chi connectivity index (χ3v) is 3.63. The van der Waals surface area contributed by atoms with Crippen LogP contribution in [0.4, 0.5) is 0 Å². The van der Waals surface area contributed by atoms with E-state index in [1.54, 1.807) is 6.20 Å². The van der Waals surface area contributed by atoms with Crippen molar-refractivity contribution in [2.45, 2.75) is 19.8 Å². The monoisotopic (exact) mass is 225 g/mol. The molecule has 0 aliphatic heterocycles. The van der Waals surface area contributed by atoms with Crippen LogP contribution in [0, 0.1) is 11.8 Å². The normalized spacial score (nSPS) is 17.0. The van der Waals surface area contributed by atoms with Crippen molar-refractivity contribution in [3.63, 3.8) is 0 Å². The van der Waals surface area contributed by atoms with Gasteiger partial charge in [-0.05, 0) is 43.0 Å². The highest BCUT2D eigenvalue weighted by Crippen LogP contribution is 2.38. The number of carbonyl (C=O) groups is 1. The van der Waals surface area contributed by atoms with E-state index in [0.29, 0.717) is 5.92 Å². The minimum atomic E-state index is 0.170. The van der Waals surface area contributed by atoms with Crippen molar-refractivity contribution in [3.05, 3.63) is 42.1 Å². The van der Waals surface area contributed by atoms with Crippen LogP contribution in [0.5, 0.6) is 0 Å². The highest BCUT2D eigenvalue weighted by molar-refractivity contribution is 6.00. The third-order valence-electron chi connectivity index (χ3n) is 3.63.